The van der Waals surface area contributed by atoms with E-state index in [4.69, 9.17) is 12.2 Å². The molecular weight excluding hydrogens is 396 g/mol. The predicted molar refractivity (Wildman–Crippen MR) is 120 cm³/mol. The minimum absolute atomic E-state index is 0.0237. The van der Waals surface area contributed by atoms with Gasteiger partial charge in [-0.2, -0.15) is 0 Å². The van der Waals surface area contributed by atoms with Gasteiger partial charge >= 0.3 is 5.97 Å². The molecule has 0 spiro atoms. The van der Waals surface area contributed by atoms with E-state index in [1.807, 2.05) is 30.3 Å². The van der Waals surface area contributed by atoms with Crippen molar-refractivity contribution < 1.29 is 9.90 Å². The van der Waals surface area contributed by atoms with Crippen LogP contribution in [0.4, 0.5) is 0 Å². The van der Waals surface area contributed by atoms with Gasteiger partial charge in [0.25, 0.3) is 0 Å². The standard InChI is InChI=1S/C23H24N4O2S/c1-4-26-21(20(25-23(26)30)19-7-5-6-12-24-19)18-13-14(2)27(15(18)3)17-10-8-16(9-11-17)22(28)29/h5-13,20-21H,4H2,1-3H3,(H,25,30)(H,28,29). The second-order valence-corrected chi connectivity index (χ2v) is 7.81. The van der Waals surface area contributed by atoms with E-state index in [0.29, 0.717) is 0 Å². The Labute approximate surface area is 181 Å². The molecule has 2 atom stereocenters. The molecular formula is C23H24N4O2S. The van der Waals surface area contributed by atoms with Gasteiger partial charge in [-0.15, -0.1) is 0 Å². The van der Waals surface area contributed by atoms with E-state index >= 15 is 0 Å². The molecule has 3 heterocycles. The van der Waals surface area contributed by atoms with Crippen molar-refractivity contribution in [1.29, 1.82) is 0 Å². The highest BCUT2D eigenvalue weighted by molar-refractivity contribution is 7.80. The van der Waals surface area contributed by atoms with Gasteiger partial charge in [-0.25, -0.2) is 4.79 Å². The minimum atomic E-state index is -0.925. The first kappa shape index (κ1) is 20.1. The molecule has 0 bridgehead atoms. The van der Waals surface area contributed by atoms with E-state index in [-0.39, 0.29) is 17.6 Å². The van der Waals surface area contributed by atoms with Crippen LogP contribution in [0, 0.1) is 13.8 Å². The molecule has 2 N–H and O–H groups in total. The third kappa shape index (κ3) is 3.35. The summed E-state index contributed by atoms with van der Waals surface area (Å²) in [5, 5.41) is 13.4. The molecule has 154 valence electrons. The fourth-order valence-corrected chi connectivity index (χ4v) is 4.69. The van der Waals surface area contributed by atoms with E-state index in [1.54, 1.807) is 18.3 Å². The Bertz CT molecular complexity index is 1090. The molecule has 7 heteroatoms. The van der Waals surface area contributed by atoms with Crippen LogP contribution in [-0.2, 0) is 0 Å². The van der Waals surface area contributed by atoms with Crippen LogP contribution >= 0.6 is 12.2 Å². The van der Waals surface area contributed by atoms with Crippen LogP contribution in [-0.4, -0.2) is 37.2 Å². The topological polar surface area (TPSA) is 70.4 Å². The van der Waals surface area contributed by atoms with Crippen LogP contribution in [0.5, 0.6) is 0 Å². The lowest BCUT2D eigenvalue weighted by atomic mass is 9.97. The summed E-state index contributed by atoms with van der Waals surface area (Å²) >= 11 is 5.63. The molecule has 2 aromatic heterocycles. The SMILES string of the molecule is CCN1C(=S)NC(c2ccccn2)C1c1cc(C)n(-c2ccc(C(=O)O)cc2)c1C. The number of thiocarbonyl (C=S) groups is 1. The molecule has 2 unspecified atom stereocenters. The Morgan fingerprint density at radius 1 is 1.20 bits per heavy atom. The largest absolute Gasteiger partial charge is 0.478 e. The molecule has 1 fully saturated rings. The van der Waals surface area contributed by atoms with Crippen molar-refractivity contribution in [3.05, 3.63) is 82.9 Å². The number of aromatic nitrogens is 2. The van der Waals surface area contributed by atoms with Gasteiger partial charge in [0, 0.05) is 29.8 Å². The van der Waals surface area contributed by atoms with Crippen LogP contribution in [0.15, 0.2) is 54.7 Å². The maximum atomic E-state index is 11.2. The first-order chi connectivity index (χ1) is 14.4. The number of carboxylic acids is 1. The summed E-state index contributed by atoms with van der Waals surface area (Å²) < 4.78 is 2.16. The number of likely N-dealkylation sites (N-methyl/N-ethyl adjacent to an activating group) is 1. The number of hydrogen-bond donors (Lipinski definition) is 2. The fourth-order valence-electron chi connectivity index (χ4n) is 4.32. The molecule has 0 amide bonds. The number of benzene rings is 1. The van der Waals surface area contributed by atoms with Crippen LogP contribution in [0.25, 0.3) is 5.69 Å². The predicted octanol–water partition coefficient (Wildman–Crippen LogP) is 4.18. The van der Waals surface area contributed by atoms with Crippen molar-refractivity contribution >= 4 is 23.3 Å². The van der Waals surface area contributed by atoms with Gasteiger partial charge in [0.2, 0.25) is 0 Å². The molecule has 1 aliphatic rings. The second kappa shape index (κ2) is 7.91. The van der Waals surface area contributed by atoms with E-state index in [9.17, 15) is 9.90 Å². The van der Waals surface area contributed by atoms with Gasteiger partial charge in [-0.3, -0.25) is 4.98 Å². The van der Waals surface area contributed by atoms with Gasteiger partial charge in [0.1, 0.15) is 0 Å². The lowest BCUT2D eigenvalue weighted by Gasteiger charge is -2.27. The van der Waals surface area contributed by atoms with Gasteiger partial charge in [0.05, 0.1) is 23.3 Å². The first-order valence-corrected chi connectivity index (χ1v) is 10.3. The number of aromatic carboxylic acids is 1. The van der Waals surface area contributed by atoms with Crippen LogP contribution < -0.4 is 5.32 Å². The molecule has 1 aliphatic heterocycles. The van der Waals surface area contributed by atoms with E-state index in [2.05, 4.69) is 46.6 Å². The van der Waals surface area contributed by atoms with Crippen molar-refractivity contribution in [3.8, 4) is 5.69 Å². The summed E-state index contributed by atoms with van der Waals surface area (Å²) in [4.78, 5) is 18.0. The normalized spacial score (nSPS) is 18.5. The van der Waals surface area contributed by atoms with Crippen LogP contribution in [0.1, 0.15) is 52.0 Å². The zero-order valence-corrected chi connectivity index (χ0v) is 18.0. The molecule has 0 aliphatic carbocycles. The molecule has 1 aromatic carbocycles. The number of carbonyl (C=O) groups is 1. The summed E-state index contributed by atoms with van der Waals surface area (Å²) in [5.74, 6) is -0.925. The first-order valence-electron chi connectivity index (χ1n) is 9.93. The van der Waals surface area contributed by atoms with E-state index in [0.717, 1.165) is 34.4 Å². The Hall–Kier alpha value is -3.19. The van der Waals surface area contributed by atoms with Gasteiger partial charge in [0.15, 0.2) is 5.11 Å². The summed E-state index contributed by atoms with van der Waals surface area (Å²) in [6.45, 7) is 7.05. The van der Waals surface area contributed by atoms with Crippen molar-refractivity contribution in [2.24, 2.45) is 0 Å². The number of nitrogens with zero attached hydrogens (tertiary/aromatic N) is 3. The molecule has 3 aromatic rings. The molecule has 4 rings (SSSR count). The highest BCUT2D eigenvalue weighted by Gasteiger charge is 2.40. The summed E-state index contributed by atoms with van der Waals surface area (Å²) in [6, 6.07) is 15.1. The smallest absolute Gasteiger partial charge is 0.335 e. The summed E-state index contributed by atoms with van der Waals surface area (Å²) in [5.41, 5.74) is 5.54. The lowest BCUT2D eigenvalue weighted by molar-refractivity contribution is 0.0697. The lowest BCUT2D eigenvalue weighted by Crippen LogP contribution is -2.29. The third-order valence-electron chi connectivity index (χ3n) is 5.70. The van der Waals surface area contributed by atoms with Crippen LogP contribution in [0.2, 0.25) is 0 Å². The van der Waals surface area contributed by atoms with Crippen LogP contribution in [0.3, 0.4) is 0 Å². The Morgan fingerprint density at radius 3 is 2.53 bits per heavy atom. The molecule has 30 heavy (non-hydrogen) atoms. The van der Waals surface area contributed by atoms with Gasteiger partial charge in [-0.05, 0) is 81.0 Å². The zero-order valence-electron chi connectivity index (χ0n) is 17.2. The molecule has 6 nitrogen and oxygen atoms in total. The van der Waals surface area contributed by atoms with E-state index in [1.165, 1.54) is 5.56 Å². The van der Waals surface area contributed by atoms with Crippen molar-refractivity contribution in [2.75, 3.05) is 6.54 Å². The fraction of sp³-hybridized carbons (Fsp3) is 0.261. The average Bonchev–Trinajstić information content (AvgIpc) is 3.23. The van der Waals surface area contributed by atoms with Gasteiger partial charge < -0.3 is 19.9 Å². The van der Waals surface area contributed by atoms with Crippen molar-refractivity contribution in [1.82, 2.24) is 19.8 Å². The number of hydrogen-bond acceptors (Lipinski definition) is 3. The van der Waals surface area contributed by atoms with Gasteiger partial charge in [-0.1, -0.05) is 6.07 Å². The Morgan fingerprint density at radius 2 is 1.93 bits per heavy atom. The van der Waals surface area contributed by atoms with Crippen molar-refractivity contribution in [2.45, 2.75) is 32.9 Å². The number of rotatable bonds is 5. The molecule has 0 radical (unpaired) electrons. The van der Waals surface area contributed by atoms with Crippen molar-refractivity contribution in [3.63, 3.8) is 0 Å². The molecule has 1 saturated heterocycles. The van der Waals surface area contributed by atoms with E-state index < -0.39 is 5.97 Å². The summed E-state index contributed by atoms with van der Waals surface area (Å²) in [6.07, 6.45) is 1.80. The minimum Gasteiger partial charge on any atom is -0.478 e. The highest BCUT2D eigenvalue weighted by atomic mass is 32.1. The number of nitrogens with one attached hydrogen (secondary N) is 1. The quantitative estimate of drug-likeness (QED) is 0.604. The monoisotopic (exact) mass is 420 g/mol. The zero-order chi connectivity index (χ0) is 21.4. The maximum Gasteiger partial charge on any atom is 0.335 e. The maximum absolute atomic E-state index is 11.2. The third-order valence-corrected chi connectivity index (χ3v) is 6.05. The Kier molecular flexibility index (Phi) is 5.30. The number of carboxylic acid groups (broad SMARTS) is 1. The second-order valence-electron chi connectivity index (χ2n) is 7.43. The molecule has 0 saturated carbocycles. The Balaban J connectivity index is 1.80. The number of pyridine rings is 1. The summed E-state index contributed by atoms with van der Waals surface area (Å²) in [7, 11) is 0. The highest BCUT2D eigenvalue weighted by Crippen LogP contribution is 2.41. The average molecular weight is 421 g/mol. The number of aryl methyl sites for hydroxylation is 1.